The first kappa shape index (κ1) is 21.0. The SMILES string of the molecule is CCOC(=O)c1c(NC(=O)CN2CCCC2)sc(C(=O)Nc2ccccc2)c1C. The average molecular weight is 416 g/mol. The quantitative estimate of drug-likeness (QED) is 0.676. The molecule has 1 fully saturated rings. The molecule has 0 bridgehead atoms. The van der Waals surface area contributed by atoms with Crippen molar-refractivity contribution in [3.63, 3.8) is 0 Å². The van der Waals surface area contributed by atoms with Gasteiger partial charge in [0.15, 0.2) is 0 Å². The maximum atomic E-state index is 12.8. The molecule has 3 rings (SSSR count). The van der Waals surface area contributed by atoms with Crippen molar-refractivity contribution in [2.45, 2.75) is 26.7 Å². The number of nitrogens with one attached hydrogen (secondary N) is 2. The summed E-state index contributed by atoms with van der Waals surface area (Å²) in [5, 5.41) is 5.99. The molecule has 0 unspecified atom stereocenters. The summed E-state index contributed by atoms with van der Waals surface area (Å²) in [6.45, 7) is 5.68. The van der Waals surface area contributed by atoms with Crippen LogP contribution in [-0.2, 0) is 9.53 Å². The summed E-state index contributed by atoms with van der Waals surface area (Å²) in [6, 6.07) is 9.08. The smallest absolute Gasteiger partial charge is 0.341 e. The van der Waals surface area contributed by atoms with Gasteiger partial charge in [-0.15, -0.1) is 11.3 Å². The molecule has 2 aromatic rings. The minimum absolute atomic E-state index is 0.200. The molecule has 154 valence electrons. The molecule has 1 aliphatic heterocycles. The van der Waals surface area contributed by atoms with Gasteiger partial charge >= 0.3 is 5.97 Å². The van der Waals surface area contributed by atoms with Crippen LogP contribution in [0.1, 0.15) is 45.4 Å². The van der Waals surface area contributed by atoms with E-state index in [1.807, 2.05) is 18.2 Å². The van der Waals surface area contributed by atoms with Crippen LogP contribution in [0.5, 0.6) is 0 Å². The van der Waals surface area contributed by atoms with Crippen LogP contribution in [0.3, 0.4) is 0 Å². The monoisotopic (exact) mass is 415 g/mol. The summed E-state index contributed by atoms with van der Waals surface area (Å²) in [7, 11) is 0. The fourth-order valence-corrected chi connectivity index (χ4v) is 4.39. The number of carbonyl (C=O) groups excluding carboxylic acids is 3. The molecule has 7 nitrogen and oxygen atoms in total. The number of nitrogens with zero attached hydrogens (tertiary/aromatic N) is 1. The number of esters is 1. The Balaban J connectivity index is 1.83. The van der Waals surface area contributed by atoms with Gasteiger partial charge in [-0.25, -0.2) is 4.79 Å². The predicted molar refractivity (Wildman–Crippen MR) is 114 cm³/mol. The van der Waals surface area contributed by atoms with Gasteiger partial charge in [0.25, 0.3) is 5.91 Å². The van der Waals surface area contributed by atoms with Crippen LogP contribution in [0, 0.1) is 6.92 Å². The molecule has 2 heterocycles. The topological polar surface area (TPSA) is 87.7 Å². The second-order valence-corrected chi connectivity index (χ2v) is 7.85. The summed E-state index contributed by atoms with van der Waals surface area (Å²) < 4.78 is 5.15. The van der Waals surface area contributed by atoms with Crippen LogP contribution in [0.15, 0.2) is 30.3 Å². The molecule has 0 atom stereocenters. The Morgan fingerprint density at radius 3 is 2.45 bits per heavy atom. The molecule has 0 radical (unpaired) electrons. The van der Waals surface area contributed by atoms with Crippen LogP contribution in [0.25, 0.3) is 0 Å². The van der Waals surface area contributed by atoms with E-state index in [0.29, 0.717) is 21.1 Å². The summed E-state index contributed by atoms with van der Waals surface area (Å²) >= 11 is 1.09. The summed E-state index contributed by atoms with van der Waals surface area (Å²) in [5.41, 5.74) is 1.39. The zero-order chi connectivity index (χ0) is 20.8. The van der Waals surface area contributed by atoms with Crippen molar-refractivity contribution in [1.82, 2.24) is 4.90 Å². The fraction of sp³-hybridized carbons (Fsp3) is 0.381. The maximum absolute atomic E-state index is 12.8. The lowest BCUT2D eigenvalue weighted by molar-refractivity contribution is -0.117. The van der Waals surface area contributed by atoms with E-state index in [2.05, 4.69) is 15.5 Å². The van der Waals surface area contributed by atoms with Gasteiger partial charge in [0.2, 0.25) is 5.91 Å². The summed E-state index contributed by atoms with van der Waals surface area (Å²) in [5.74, 6) is -1.07. The standard InChI is InChI=1S/C21H25N3O4S/c1-3-28-21(27)17-14(2)18(19(26)22-15-9-5-4-6-10-15)29-20(17)23-16(25)13-24-11-7-8-12-24/h4-6,9-10H,3,7-8,11-13H2,1-2H3,(H,22,26)(H,23,25). The second kappa shape index (κ2) is 9.67. The third-order valence-corrected chi connectivity index (χ3v) is 5.89. The summed E-state index contributed by atoms with van der Waals surface area (Å²) in [4.78, 5) is 40.2. The maximum Gasteiger partial charge on any atom is 0.341 e. The lowest BCUT2D eigenvalue weighted by Crippen LogP contribution is -2.31. The molecular weight excluding hydrogens is 390 g/mol. The van der Waals surface area contributed by atoms with Crippen molar-refractivity contribution < 1.29 is 19.1 Å². The predicted octanol–water partition coefficient (Wildman–Crippen LogP) is 3.52. The highest BCUT2D eigenvalue weighted by Gasteiger charge is 2.27. The number of likely N-dealkylation sites (tertiary alicyclic amines) is 1. The molecule has 0 spiro atoms. The van der Waals surface area contributed by atoms with Gasteiger partial charge in [0.1, 0.15) is 5.00 Å². The number of benzene rings is 1. The lowest BCUT2D eigenvalue weighted by Gasteiger charge is -2.14. The Morgan fingerprint density at radius 1 is 1.10 bits per heavy atom. The number of para-hydroxylation sites is 1. The molecule has 1 saturated heterocycles. The Hall–Kier alpha value is -2.71. The number of hydrogen-bond donors (Lipinski definition) is 2. The van der Waals surface area contributed by atoms with Crippen molar-refractivity contribution in [3.8, 4) is 0 Å². The fourth-order valence-electron chi connectivity index (χ4n) is 3.29. The van der Waals surface area contributed by atoms with Gasteiger partial charge in [0, 0.05) is 5.69 Å². The van der Waals surface area contributed by atoms with Crippen molar-refractivity contribution >= 4 is 39.8 Å². The first-order valence-corrected chi connectivity index (χ1v) is 10.5. The third-order valence-electron chi connectivity index (χ3n) is 4.68. The molecule has 1 aliphatic rings. The van der Waals surface area contributed by atoms with E-state index in [-0.39, 0.29) is 30.5 Å². The number of anilines is 2. The minimum Gasteiger partial charge on any atom is -0.462 e. The van der Waals surface area contributed by atoms with Crippen molar-refractivity contribution in [2.75, 3.05) is 36.9 Å². The van der Waals surface area contributed by atoms with E-state index in [1.165, 1.54) is 0 Å². The highest BCUT2D eigenvalue weighted by molar-refractivity contribution is 7.18. The summed E-state index contributed by atoms with van der Waals surface area (Å²) in [6.07, 6.45) is 2.17. The lowest BCUT2D eigenvalue weighted by atomic mass is 10.1. The van der Waals surface area contributed by atoms with Gasteiger partial charge in [-0.3, -0.25) is 14.5 Å². The first-order valence-electron chi connectivity index (χ1n) is 9.68. The molecule has 2 N–H and O–H groups in total. The zero-order valence-electron chi connectivity index (χ0n) is 16.6. The molecule has 8 heteroatoms. The van der Waals surface area contributed by atoms with E-state index < -0.39 is 5.97 Å². The molecule has 1 aromatic heterocycles. The van der Waals surface area contributed by atoms with Crippen molar-refractivity contribution in [3.05, 3.63) is 46.3 Å². The number of carbonyl (C=O) groups is 3. The van der Waals surface area contributed by atoms with Crippen LogP contribution in [0.2, 0.25) is 0 Å². The molecule has 2 amide bonds. The normalized spacial score (nSPS) is 13.9. The Kier molecular flexibility index (Phi) is 7.00. The van der Waals surface area contributed by atoms with Gasteiger partial charge in [-0.1, -0.05) is 18.2 Å². The van der Waals surface area contributed by atoms with E-state index >= 15 is 0 Å². The van der Waals surface area contributed by atoms with Crippen molar-refractivity contribution in [2.24, 2.45) is 0 Å². The molecule has 0 aliphatic carbocycles. The number of hydrogen-bond acceptors (Lipinski definition) is 6. The highest BCUT2D eigenvalue weighted by atomic mass is 32.1. The van der Waals surface area contributed by atoms with Crippen molar-refractivity contribution in [1.29, 1.82) is 0 Å². The minimum atomic E-state index is -0.545. The first-order chi connectivity index (χ1) is 14.0. The second-order valence-electron chi connectivity index (χ2n) is 6.83. The largest absolute Gasteiger partial charge is 0.462 e. The van der Waals surface area contributed by atoms with Crippen LogP contribution in [0.4, 0.5) is 10.7 Å². The van der Waals surface area contributed by atoms with Crippen LogP contribution >= 0.6 is 11.3 Å². The highest BCUT2D eigenvalue weighted by Crippen LogP contribution is 2.34. The Bertz CT molecular complexity index is 889. The van der Waals surface area contributed by atoms with E-state index in [4.69, 9.17) is 4.74 Å². The van der Waals surface area contributed by atoms with Gasteiger partial charge < -0.3 is 15.4 Å². The molecule has 1 aromatic carbocycles. The van der Waals surface area contributed by atoms with Gasteiger partial charge in [-0.2, -0.15) is 0 Å². The molecular formula is C21H25N3O4S. The van der Waals surface area contributed by atoms with Crippen LogP contribution in [-0.4, -0.2) is 48.9 Å². The third kappa shape index (κ3) is 5.21. The Morgan fingerprint density at radius 2 is 1.79 bits per heavy atom. The van der Waals surface area contributed by atoms with Crippen LogP contribution < -0.4 is 10.6 Å². The van der Waals surface area contributed by atoms with E-state index in [1.54, 1.807) is 26.0 Å². The molecule has 29 heavy (non-hydrogen) atoms. The van der Waals surface area contributed by atoms with Gasteiger partial charge in [-0.05, 0) is 57.5 Å². The number of thiophene rings is 1. The van der Waals surface area contributed by atoms with E-state index in [9.17, 15) is 14.4 Å². The number of amides is 2. The molecule has 0 saturated carbocycles. The average Bonchev–Trinajstić information content (AvgIpc) is 3.30. The van der Waals surface area contributed by atoms with Gasteiger partial charge in [0.05, 0.1) is 23.6 Å². The zero-order valence-corrected chi connectivity index (χ0v) is 17.4. The Labute approximate surface area is 174 Å². The number of rotatable bonds is 7. The van der Waals surface area contributed by atoms with E-state index in [0.717, 1.165) is 37.3 Å². The number of ether oxygens (including phenoxy) is 1.